The van der Waals surface area contributed by atoms with E-state index in [1.165, 1.54) is 17.5 Å². The van der Waals surface area contributed by atoms with Crippen LogP contribution in [0.4, 0.5) is 0 Å². The topological polar surface area (TPSA) is 66.5 Å². The van der Waals surface area contributed by atoms with Gasteiger partial charge >= 0.3 is 0 Å². The summed E-state index contributed by atoms with van der Waals surface area (Å²) in [5.74, 6) is -0.160. The molecule has 1 saturated heterocycles. The number of nitrogens with one attached hydrogen (secondary N) is 1. The number of hydrogen-bond donors (Lipinski definition) is 1. The number of rotatable bonds is 6. The van der Waals surface area contributed by atoms with Crippen LogP contribution in [0, 0.1) is 0 Å². The number of sulfonamides is 1. The maximum atomic E-state index is 12.6. The molecule has 2 aromatic rings. The molecule has 1 aliphatic carbocycles. The van der Waals surface area contributed by atoms with Gasteiger partial charge in [0.05, 0.1) is 11.8 Å². The molecule has 1 aliphatic heterocycles. The highest BCUT2D eigenvalue weighted by Gasteiger charge is 2.25. The lowest BCUT2D eigenvalue weighted by Gasteiger charge is -2.17. The van der Waals surface area contributed by atoms with Gasteiger partial charge in [0.2, 0.25) is 10.0 Å². The fourth-order valence-corrected chi connectivity index (χ4v) is 5.86. The normalized spacial score (nSPS) is 17.8. The maximum Gasteiger partial charge on any atom is 0.251 e. The number of carbonyl (C=O) groups is 1. The predicted molar refractivity (Wildman–Crippen MR) is 114 cm³/mol. The van der Waals surface area contributed by atoms with E-state index in [-0.39, 0.29) is 17.7 Å². The number of amides is 1. The monoisotopic (exact) mass is 412 g/mol. The zero-order chi connectivity index (χ0) is 20.4. The molecule has 0 unspecified atom stereocenters. The molecule has 0 radical (unpaired) electrons. The van der Waals surface area contributed by atoms with E-state index in [2.05, 4.69) is 23.5 Å². The molecule has 0 bridgehead atoms. The van der Waals surface area contributed by atoms with Gasteiger partial charge < -0.3 is 5.32 Å². The Bertz CT molecular complexity index is 993. The lowest BCUT2D eigenvalue weighted by Crippen LogP contribution is -2.29. The van der Waals surface area contributed by atoms with Gasteiger partial charge in [-0.2, -0.15) is 0 Å². The zero-order valence-corrected chi connectivity index (χ0v) is 17.7. The van der Waals surface area contributed by atoms with Crippen LogP contribution < -0.4 is 5.32 Å². The largest absolute Gasteiger partial charge is 0.346 e. The van der Waals surface area contributed by atoms with Crippen molar-refractivity contribution < 1.29 is 13.2 Å². The van der Waals surface area contributed by atoms with Crippen molar-refractivity contribution in [3.63, 3.8) is 0 Å². The first-order chi connectivity index (χ1) is 13.9. The van der Waals surface area contributed by atoms with E-state index in [1.807, 2.05) is 6.92 Å². The van der Waals surface area contributed by atoms with Gasteiger partial charge in [0.15, 0.2) is 0 Å². The summed E-state index contributed by atoms with van der Waals surface area (Å²) in [4.78, 5) is 12.6. The minimum Gasteiger partial charge on any atom is -0.346 e. The lowest BCUT2D eigenvalue weighted by atomic mass is 10.0. The van der Waals surface area contributed by atoms with Crippen LogP contribution in [0.2, 0.25) is 0 Å². The first-order valence-corrected chi connectivity index (χ1v) is 12.0. The van der Waals surface area contributed by atoms with Gasteiger partial charge in [-0.15, -0.1) is 0 Å². The Morgan fingerprint density at radius 2 is 1.69 bits per heavy atom. The Morgan fingerprint density at radius 3 is 2.41 bits per heavy atom. The number of carbonyl (C=O) groups excluding carboxylic acids is 1. The van der Waals surface area contributed by atoms with Gasteiger partial charge in [-0.1, -0.05) is 30.3 Å². The van der Waals surface area contributed by atoms with Crippen molar-refractivity contribution in [3.8, 4) is 0 Å². The quantitative estimate of drug-likeness (QED) is 0.788. The summed E-state index contributed by atoms with van der Waals surface area (Å²) in [5, 5.41) is 3.05. The summed E-state index contributed by atoms with van der Waals surface area (Å²) < 4.78 is 26.5. The summed E-state index contributed by atoms with van der Waals surface area (Å²) in [5.41, 5.74) is 5.19. The maximum absolute atomic E-state index is 12.6. The molecule has 1 heterocycles. The van der Waals surface area contributed by atoms with Gasteiger partial charge in [-0.3, -0.25) is 4.79 Å². The van der Waals surface area contributed by atoms with Gasteiger partial charge in [-0.05, 0) is 73.4 Å². The molecule has 0 aromatic heterocycles. The van der Waals surface area contributed by atoms with Crippen LogP contribution in [0.5, 0.6) is 0 Å². The van der Waals surface area contributed by atoms with Gasteiger partial charge in [0.1, 0.15) is 0 Å². The Labute approximate surface area is 173 Å². The molecule has 2 aromatic carbocycles. The molecular weight excluding hydrogens is 384 g/mol. The lowest BCUT2D eigenvalue weighted by molar-refractivity contribution is 0.0940. The van der Waals surface area contributed by atoms with Crippen LogP contribution in [0.25, 0.3) is 0 Å². The van der Waals surface area contributed by atoms with Crippen molar-refractivity contribution in [1.82, 2.24) is 9.62 Å². The first-order valence-electron chi connectivity index (χ1n) is 10.4. The summed E-state index contributed by atoms with van der Waals surface area (Å²) in [7, 11) is -3.27. The smallest absolute Gasteiger partial charge is 0.251 e. The molecule has 29 heavy (non-hydrogen) atoms. The van der Waals surface area contributed by atoms with E-state index in [4.69, 9.17) is 0 Å². The minimum absolute atomic E-state index is 0.0135. The van der Waals surface area contributed by atoms with Crippen LogP contribution in [-0.4, -0.2) is 31.7 Å². The number of benzene rings is 2. The third kappa shape index (κ3) is 4.54. The van der Waals surface area contributed by atoms with Crippen molar-refractivity contribution in [3.05, 3.63) is 70.3 Å². The van der Waals surface area contributed by atoms with Gasteiger partial charge in [0, 0.05) is 18.7 Å². The summed E-state index contributed by atoms with van der Waals surface area (Å²) in [6, 6.07) is 13.3. The Kier molecular flexibility index (Phi) is 5.74. The summed E-state index contributed by atoms with van der Waals surface area (Å²) >= 11 is 0. The number of aryl methyl sites for hydroxylation is 2. The number of hydrogen-bond acceptors (Lipinski definition) is 3. The molecule has 0 spiro atoms. The van der Waals surface area contributed by atoms with Crippen molar-refractivity contribution in [2.45, 2.75) is 50.8 Å². The van der Waals surface area contributed by atoms with E-state index in [9.17, 15) is 13.2 Å². The Hall–Kier alpha value is -2.18. The molecule has 1 atom stereocenters. The Morgan fingerprint density at radius 1 is 1.00 bits per heavy atom. The van der Waals surface area contributed by atoms with Crippen LogP contribution in [0.3, 0.4) is 0 Å². The van der Waals surface area contributed by atoms with E-state index in [0.29, 0.717) is 24.2 Å². The first kappa shape index (κ1) is 20.1. The van der Waals surface area contributed by atoms with E-state index < -0.39 is 10.0 Å². The molecule has 1 fully saturated rings. The third-order valence-electron chi connectivity index (χ3n) is 5.99. The standard InChI is InChI=1S/C23H28N2O3S/c1-17(21-12-11-19-5-4-6-22(19)15-21)24-23(26)20-9-7-18(8-10-20)16-29(27,28)25-13-2-3-14-25/h7-12,15,17H,2-6,13-14,16H2,1H3,(H,24,26)/t17-/m0/s1. The molecule has 4 rings (SSSR count). The fraction of sp³-hybridized carbons (Fsp3) is 0.435. The third-order valence-corrected chi connectivity index (χ3v) is 7.84. The second kappa shape index (κ2) is 8.28. The second-order valence-electron chi connectivity index (χ2n) is 8.14. The molecule has 0 saturated carbocycles. The number of nitrogens with zero attached hydrogens (tertiary/aromatic N) is 1. The van der Waals surface area contributed by atoms with Crippen molar-refractivity contribution in [2.24, 2.45) is 0 Å². The second-order valence-corrected chi connectivity index (χ2v) is 10.1. The van der Waals surface area contributed by atoms with E-state index >= 15 is 0 Å². The highest BCUT2D eigenvalue weighted by atomic mass is 32.2. The van der Waals surface area contributed by atoms with Crippen molar-refractivity contribution in [1.29, 1.82) is 0 Å². The summed E-state index contributed by atoms with van der Waals surface area (Å²) in [6.45, 7) is 3.22. The fourth-order valence-electron chi connectivity index (χ4n) is 4.24. The van der Waals surface area contributed by atoms with E-state index in [1.54, 1.807) is 28.6 Å². The van der Waals surface area contributed by atoms with Crippen LogP contribution in [0.1, 0.15) is 64.8 Å². The SMILES string of the molecule is C[C@H](NC(=O)c1ccc(CS(=O)(=O)N2CCCC2)cc1)c1ccc2c(c1)CCC2. The average Bonchev–Trinajstić information content (AvgIpc) is 3.39. The van der Waals surface area contributed by atoms with Crippen LogP contribution >= 0.6 is 0 Å². The van der Waals surface area contributed by atoms with Crippen LogP contribution in [0.15, 0.2) is 42.5 Å². The van der Waals surface area contributed by atoms with Crippen molar-refractivity contribution in [2.75, 3.05) is 13.1 Å². The molecule has 154 valence electrons. The average molecular weight is 413 g/mol. The van der Waals surface area contributed by atoms with E-state index in [0.717, 1.165) is 31.2 Å². The molecule has 5 nitrogen and oxygen atoms in total. The summed E-state index contributed by atoms with van der Waals surface area (Å²) in [6.07, 6.45) is 5.34. The number of fused-ring (bicyclic) bond motifs is 1. The van der Waals surface area contributed by atoms with Gasteiger partial charge in [-0.25, -0.2) is 12.7 Å². The van der Waals surface area contributed by atoms with Crippen molar-refractivity contribution >= 4 is 15.9 Å². The molecule has 2 aliphatic rings. The zero-order valence-electron chi connectivity index (χ0n) is 16.9. The molecule has 6 heteroatoms. The highest BCUT2D eigenvalue weighted by molar-refractivity contribution is 7.88. The molecule has 1 N–H and O–H groups in total. The van der Waals surface area contributed by atoms with Gasteiger partial charge in [0.25, 0.3) is 5.91 Å². The minimum atomic E-state index is -3.27. The predicted octanol–water partition coefficient (Wildman–Crippen LogP) is 3.59. The van der Waals surface area contributed by atoms with Crippen LogP contribution in [-0.2, 0) is 28.6 Å². The Balaban J connectivity index is 1.39. The highest BCUT2D eigenvalue weighted by Crippen LogP contribution is 2.25. The molecular formula is C23H28N2O3S. The molecule has 1 amide bonds.